The fourth-order valence-corrected chi connectivity index (χ4v) is 13.0. The van der Waals surface area contributed by atoms with E-state index in [4.69, 9.17) is 0 Å². The van der Waals surface area contributed by atoms with Crippen molar-refractivity contribution in [3.8, 4) is 44.5 Å². The third-order valence-electron chi connectivity index (χ3n) is 14.4. The summed E-state index contributed by atoms with van der Waals surface area (Å²) >= 11 is 3.74. The summed E-state index contributed by atoms with van der Waals surface area (Å²) in [5.41, 5.74) is 16.0. The molecule has 4 heteroatoms. The second-order valence-corrected chi connectivity index (χ2v) is 21.1. The molecule has 12 aromatic carbocycles. The van der Waals surface area contributed by atoms with Crippen LogP contribution in [0, 0.1) is 0 Å². The summed E-state index contributed by atoms with van der Waals surface area (Å²) < 4.78 is 5.19. The van der Waals surface area contributed by atoms with Crippen LogP contribution in [0.5, 0.6) is 0 Å². The summed E-state index contributed by atoms with van der Waals surface area (Å²) in [4.78, 5) is 4.82. The van der Waals surface area contributed by atoms with Gasteiger partial charge in [0.05, 0.1) is 0 Å². The standard InChI is InChI=1S/C70H46N2S2/c1-4-15-47(16-5-1)52-23-14-24-59(40-52)71(61-35-37-65-66-44-53(29-38-68(66)74-70(65)46-61)54-28-36-64-63-25-12-13-26-67(63)73-69(64)45-54)57-31-33-58(34-32-57)72(60-30-27-50-21-10-11-22-51(50)41-60)62-42-55(48-17-6-2-7-18-48)39-56(43-62)49-19-8-3-9-20-49/h1-46H. The number of anilines is 6. The Balaban J connectivity index is 0.895. The van der Waals surface area contributed by atoms with Crippen molar-refractivity contribution in [2.45, 2.75) is 0 Å². The highest BCUT2D eigenvalue weighted by atomic mass is 32.1. The summed E-state index contributed by atoms with van der Waals surface area (Å²) in [6.45, 7) is 0. The molecule has 0 saturated heterocycles. The molecule has 2 nitrogen and oxygen atoms in total. The van der Waals surface area contributed by atoms with E-state index in [0.717, 1.165) is 45.3 Å². The molecule has 2 aromatic heterocycles. The van der Waals surface area contributed by atoms with Gasteiger partial charge in [-0.25, -0.2) is 0 Å². The molecule has 0 amide bonds. The SMILES string of the molecule is c1ccc(-c2cccc(N(c3ccc(N(c4cc(-c5ccccc5)cc(-c5ccccc5)c4)c4ccc5ccccc5c4)cc3)c3ccc4c(c3)sc3ccc(-c5ccc6c(c5)sc5ccccc56)cc34)c2)cc1. The van der Waals surface area contributed by atoms with Crippen LogP contribution in [-0.2, 0) is 0 Å². The lowest BCUT2D eigenvalue weighted by atomic mass is 9.97. The fraction of sp³-hybridized carbons (Fsp3) is 0. The molecule has 14 aromatic rings. The van der Waals surface area contributed by atoms with E-state index in [2.05, 4.69) is 289 Å². The molecule has 0 N–H and O–H groups in total. The average Bonchev–Trinajstić information content (AvgIpc) is 4.04. The van der Waals surface area contributed by atoms with Crippen molar-refractivity contribution in [2.24, 2.45) is 0 Å². The van der Waals surface area contributed by atoms with Crippen LogP contribution in [0.4, 0.5) is 34.1 Å². The lowest BCUT2D eigenvalue weighted by molar-refractivity contribution is 1.26. The van der Waals surface area contributed by atoms with Crippen molar-refractivity contribution in [1.29, 1.82) is 0 Å². The fourth-order valence-electron chi connectivity index (χ4n) is 10.7. The minimum Gasteiger partial charge on any atom is -0.310 e. The summed E-state index contributed by atoms with van der Waals surface area (Å²) in [5, 5.41) is 7.62. The molecule has 0 spiro atoms. The Morgan fingerprint density at radius 1 is 0.189 bits per heavy atom. The Kier molecular flexibility index (Phi) is 10.9. The smallest absolute Gasteiger partial charge is 0.0476 e. The molecule has 0 atom stereocenters. The third-order valence-corrected chi connectivity index (χ3v) is 16.7. The number of fused-ring (bicyclic) bond motifs is 7. The van der Waals surface area contributed by atoms with Gasteiger partial charge in [0.25, 0.3) is 0 Å². The van der Waals surface area contributed by atoms with Gasteiger partial charge in [0.1, 0.15) is 0 Å². The molecule has 0 aliphatic carbocycles. The molecule has 0 radical (unpaired) electrons. The van der Waals surface area contributed by atoms with E-state index in [9.17, 15) is 0 Å². The topological polar surface area (TPSA) is 6.48 Å². The summed E-state index contributed by atoms with van der Waals surface area (Å²) in [7, 11) is 0. The van der Waals surface area contributed by atoms with E-state index >= 15 is 0 Å². The third kappa shape index (κ3) is 8.07. The first kappa shape index (κ1) is 43.7. The predicted octanol–water partition coefficient (Wildman–Crippen LogP) is 21.2. The number of nitrogens with zero attached hydrogens (tertiary/aromatic N) is 2. The second kappa shape index (κ2) is 18.5. The van der Waals surface area contributed by atoms with Gasteiger partial charge < -0.3 is 9.80 Å². The van der Waals surface area contributed by atoms with Gasteiger partial charge in [0.2, 0.25) is 0 Å². The minimum absolute atomic E-state index is 1.06. The van der Waals surface area contributed by atoms with Gasteiger partial charge in [-0.2, -0.15) is 0 Å². The first-order valence-corrected chi connectivity index (χ1v) is 26.8. The summed E-state index contributed by atoms with van der Waals surface area (Å²) in [5.74, 6) is 0. The van der Waals surface area contributed by atoms with E-state index in [1.807, 2.05) is 22.7 Å². The molecule has 0 unspecified atom stereocenters. The van der Waals surface area contributed by atoms with Crippen LogP contribution in [0.15, 0.2) is 279 Å². The Morgan fingerprint density at radius 3 is 1.35 bits per heavy atom. The van der Waals surface area contributed by atoms with Crippen LogP contribution in [0.1, 0.15) is 0 Å². The van der Waals surface area contributed by atoms with Crippen molar-refractivity contribution >= 4 is 108 Å². The highest BCUT2D eigenvalue weighted by molar-refractivity contribution is 7.26. The van der Waals surface area contributed by atoms with Gasteiger partial charge in [0, 0.05) is 74.5 Å². The van der Waals surface area contributed by atoms with Gasteiger partial charge in [-0.05, 0) is 158 Å². The van der Waals surface area contributed by atoms with Crippen LogP contribution in [0.25, 0.3) is 95.6 Å². The quantitative estimate of drug-likeness (QED) is 0.135. The highest BCUT2D eigenvalue weighted by Gasteiger charge is 2.20. The molecular weight excluding hydrogens is 933 g/mol. The van der Waals surface area contributed by atoms with Crippen LogP contribution >= 0.6 is 22.7 Å². The maximum absolute atomic E-state index is 2.41. The molecule has 0 fully saturated rings. The maximum Gasteiger partial charge on any atom is 0.0476 e. The largest absolute Gasteiger partial charge is 0.310 e. The number of hydrogen-bond donors (Lipinski definition) is 0. The minimum atomic E-state index is 1.06. The van der Waals surface area contributed by atoms with Crippen LogP contribution in [0.2, 0.25) is 0 Å². The Hall–Kier alpha value is -9.06. The number of hydrogen-bond acceptors (Lipinski definition) is 4. The zero-order valence-corrected chi connectivity index (χ0v) is 41.9. The van der Waals surface area contributed by atoms with Crippen molar-refractivity contribution < 1.29 is 0 Å². The molecule has 14 rings (SSSR count). The number of thiophene rings is 2. The molecule has 0 aliphatic heterocycles. The van der Waals surface area contributed by atoms with Crippen LogP contribution < -0.4 is 9.80 Å². The van der Waals surface area contributed by atoms with Crippen molar-refractivity contribution in [3.05, 3.63) is 279 Å². The van der Waals surface area contributed by atoms with Crippen LogP contribution in [0.3, 0.4) is 0 Å². The predicted molar refractivity (Wildman–Crippen MR) is 321 cm³/mol. The first-order valence-electron chi connectivity index (χ1n) is 25.1. The normalized spacial score (nSPS) is 11.5. The van der Waals surface area contributed by atoms with Gasteiger partial charge in [-0.3, -0.25) is 0 Å². The Labute approximate surface area is 438 Å². The Morgan fingerprint density at radius 2 is 0.635 bits per heavy atom. The second-order valence-electron chi connectivity index (χ2n) is 18.9. The lowest BCUT2D eigenvalue weighted by Gasteiger charge is -2.29. The molecule has 2 heterocycles. The van der Waals surface area contributed by atoms with Gasteiger partial charge in [-0.1, -0.05) is 176 Å². The number of benzene rings is 12. The van der Waals surface area contributed by atoms with Crippen molar-refractivity contribution in [3.63, 3.8) is 0 Å². The van der Waals surface area contributed by atoms with E-state index in [-0.39, 0.29) is 0 Å². The lowest BCUT2D eigenvalue weighted by Crippen LogP contribution is -2.12. The molecular formula is C70H46N2S2. The van der Waals surface area contributed by atoms with E-state index in [0.29, 0.717) is 0 Å². The van der Waals surface area contributed by atoms with Crippen molar-refractivity contribution in [2.75, 3.05) is 9.80 Å². The van der Waals surface area contributed by atoms with Gasteiger partial charge in [-0.15, -0.1) is 22.7 Å². The first-order chi connectivity index (χ1) is 36.6. The molecule has 348 valence electrons. The molecule has 0 aliphatic rings. The maximum atomic E-state index is 2.41. The van der Waals surface area contributed by atoms with E-state index in [1.54, 1.807) is 0 Å². The van der Waals surface area contributed by atoms with E-state index in [1.165, 1.54) is 84.5 Å². The summed E-state index contributed by atoms with van der Waals surface area (Å²) in [6.07, 6.45) is 0. The molecule has 74 heavy (non-hydrogen) atoms. The monoisotopic (exact) mass is 978 g/mol. The number of rotatable bonds is 10. The summed E-state index contributed by atoms with van der Waals surface area (Å²) in [6, 6.07) is 102. The molecule has 0 bridgehead atoms. The van der Waals surface area contributed by atoms with Crippen LogP contribution in [-0.4, -0.2) is 0 Å². The molecule has 0 saturated carbocycles. The van der Waals surface area contributed by atoms with Crippen molar-refractivity contribution in [1.82, 2.24) is 0 Å². The average molecular weight is 979 g/mol. The zero-order valence-electron chi connectivity index (χ0n) is 40.3. The van der Waals surface area contributed by atoms with Gasteiger partial charge in [0.15, 0.2) is 0 Å². The zero-order chi connectivity index (χ0) is 49.0. The van der Waals surface area contributed by atoms with Gasteiger partial charge >= 0.3 is 0 Å². The van der Waals surface area contributed by atoms with E-state index < -0.39 is 0 Å². The highest BCUT2D eigenvalue weighted by Crippen LogP contribution is 2.46. The Bertz CT molecular complexity index is 4310.